The first-order valence-corrected chi connectivity index (χ1v) is 9.03. The number of hydrogen-bond donors (Lipinski definition) is 2. The van der Waals surface area contributed by atoms with Gasteiger partial charge in [0.05, 0.1) is 33.9 Å². The molecule has 2 aromatic rings. The van der Waals surface area contributed by atoms with E-state index < -0.39 is 0 Å². The predicted octanol–water partition coefficient (Wildman–Crippen LogP) is 2.42. The molecule has 0 radical (unpaired) electrons. The van der Waals surface area contributed by atoms with Gasteiger partial charge in [0, 0.05) is 6.54 Å². The van der Waals surface area contributed by atoms with Gasteiger partial charge in [-0.3, -0.25) is 0 Å². The summed E-state index contributed by atoms with van der Waals surface area (Å²) in [6.07, 6.45) is 0. The first kappa shape index (κ1) is 21.4. The molecular weight excluding hydrogens is 356 g/mol. The van der Waals surface area contributed by atoms with Gasteiger partial charge in [-0.2, -0.15) is 0 Å². The molecular formula is C21H30N4O3. The molecule has 7 heteroatoms. The first-order chi connectivity index (χ1) is 13.5. The molecule has 0 saturated heterocycles. The summed E-state index contributed by atoms with van der Waals surface area (Å²) in [6, 6.07) is 13.9. The highest BCUT2D eigenvalue weighted by Crippen LogP contribution is 2.27. The van der Waals surface area contributed by atoms with E-state index in [0.29, 0.717) is 30.5 Å². The van der Waals surface area contributed by atoms with Crippen LogP contribution in [0.15, 0.2) is 47.5 Å². The summed E-state index contributed by atoms with van der Waals surface area (Å²) in [4.78, 5) is 6.56. The summed E-state index contributed by atoms with van der Waals surface area (Å²) < 4.78 is 15.9. The van der Waals surface area contributed by atoms with Crippen molar-refractivity contribution in [2.24, 2.45) is 10.7 Å². The minimum atomic E-state index is 0.130. The van der Waals surface area contributed by atoms with Gasteiger partial charge in [0.15, 0.2) is 17.5 Å². The van der Waals surface area contributed by atoms with Gasteiger partial charge in [0.25, 0.3) is 0 Å². The molecule has 28 heavy (non-hydrogen) atoms. The molecule has 0 aromatic heterocycles. The van der Waals surface area contributed by atoms with Crippen LogP contribution in [0.2, 0.25) is 0 Å². The summed E-state index contributed by atoms with van der Waals surface area (Å²) in [5.41, 5.74) is 8.20. The molecule has 0 fully saturated rings. The lowest BCUT2D eigenvalue weighted by molar-refractivity contribution is 0.297. The predicted molar refractivity (Wildman–Crippen MR) is 112 cm³/mol. The standard InChI is InChI=1S/C21H30N4O3/c1-25(2)18(16-7-6-8-17(12-16)26-3)14-24-21(22)23-13-15-9-10-19(27-4)20(11-15)28-5/h6-12,18H,13-14H2,1-5H3,(H3,22,23,24). The number of nitrogens with one attached hydrogen (secondary N) is 1. The maximum atomic E-state index is 6.07. The van der Waals surface area contributed by atoms with Crippen LogP contribution in [-0.2, 0) is 6.54 Å². The quantitative estimate of drug-likeness (QED) is 0.509. The Balaban J connectivity index is 2.01. The second kappa shape index (κ2) is 10.4. The summed E-state index contributed by atoms with van der Waals surface area (Å²) in [6.45, 7) is 1.08. The van der Waals surface area contributed by atoms with Gasteiger partial charge in [-0.05, 0) is 49.5 Å². The van der Waals surface area contributed by atoms with E-state index >= 15 is 0 Å². The number of guanidine groups is 1. The summed E-state index contributed by atoms with van der Waals surface area (Å²) in [7, 11) is 8.95. The molecule has 0 aliphatic carbocycles. The molecule has 0 amide bonds. The van der Waals surface area contributed by atoms with Crippen molar-refractivity contribution in [2.75, 3.05) is 42.0 Å². The Morgan fingerprint density at radius 2 is 1.79 bits per heavy atom. The number of nitrogens with zero attached hydrogens (tertiary/aromatic N) is 2. The van der Waals surface area contributed by atoms with Crippen molar-refractivity contribution in [2.45, 2.75) is 12.6 Å². The van der Waals surface area contributed by atoms with Crippen LogP contribution < -0.4 is 25.3 Å². The van der Waals surface area contributed by atoms with Gasteiger partial charge < -0.3 is 30.2 Å². The molecule has 0 bridgehead atoms. The second-order valence-corrected chi connectivity index (χ2v) is 6.53. The van der Waals surface area contributed by atoms with Crippen LogP contribution in [0.4, 0.5) is 0 Å². The highest BCUT2D eigenvalue weighted by Gasteiger charge is 2.15. The number of aliphatic imine (C=N–C) groups is 1. The Hall–Kier alpha value is -2.93. The van der Waals surface area contributed by atoms with Crippen LogP contribution in [0.1, 0.15) is 17.2 Å². The van der Waals surface area contributed by atoms with E-state index in [2.05, 4.69) is 21.3 Å². The number of hydrogen-bond acceptors (Lipinski definition) is 5. The van der Waals surface area contributed by atoms with E-state index in [4.69, 9.17) is 19.9 Å². The normalized spacial score (nSPS) is 12.6. The molecule has 0 spiro atoms. The minimum absolute atomic E-state index is 0.130. The van der Waals surface area contributed by atoms with Crippen molar-refractivity contribution in [3.8, 4) is 17.2 Å². The summed E-state index contributed by atoms with van der Waals surface area (Å²) >= 11 is 0. The van der Waals surface area contributed by atoms with E-state index in [1.165, 1.54) is 0 Å². The Bertz CT molecular complexity index is 793. The molecule has 0 aliphatic heterocycles. The largest absolute Gasteiger partial charge is 0.497 e. The lowest BCUT2D eigenvalue weighted by Crippen LogP contribution is -2.38. The Morgan fingerprint density at radius 1 is 1.04 bits per heavy atom. The Kier molecular flexibility index (Phi) is 7.95. The van der Waals surface area contributed by atoms with Crippen LogP contribution >= 0.6 is 0 Å². The van der Waals surface area contributed by atoms with E-state index in [1.807, 2.05) is 50.5 Å². The van der Waals surface area contributed by atoms with E-state index in [1.54, 1.807) is 21.3 Å². The fraction of sp³-hybridized carbons (Fsp3) is 0.381. The first-order valence-electron chi connectivity index (χ1n) is 9.03. The maximum absolute atomic E-state index is 6.07. The Morgan fingerprint density at radius 3 is 2.43 bits per heavy atom. The summed E-state index contributed by atoms with van der Waals surface area (Å²) in [5.74, 6) is 2.59. The molecule has 3 N–H and O–H groups in total. The fourth-order valence-electron chi connectivity index (χ4n) is 2.86. The third-order valence-corrected chi connectivity index (χ3v) is 4.46. The van der Waals surface area contributed by atoms with Crippen LogP contribution in [0.3, 0.4) is 0 Å². The summed E-state index contributed by atoms with van der Waals surface area (Å²) in [5, 5.41) is 3.21. The monoisotopic (exact) mass is 386 g/mol. The molecule has 1 unspecified atom stereocenters. The molecule has 1 atom stereocenters. The van der Waals surface area contributed by atoms with Gasteiger partial charge in [-0.25, -0.2) is 4.99 Å². The van der Waals surface area contributed by atoms with Crippen molar-refractivity contribution < 1.29 is 14.2 Å². The second-order valence-electron chi connectivity index (χ2n) is 6.53. The zero-order chi connectivity index (χ0) is 20.5. The third kappa shape index (κ3) is 5.79. The molecule has 2 rings (SSSR count). The number of ether oxygens (including phenoxy) is 3. The number of benzene rings is 2. The molecule has 2 aromatic carbocycles. The average Bonchev–Trinajstić information content (AvgIpc) is 2.72. The fourth-order valence-corrected chi connectivity index (χ4v) is 2.86. The van der Waals surface area contributed by atoms with Gasteiger partial charge >= 0.3 is 0 Å². The van der Waals surface area contributed by atoms with Crippen LogP contribution in [0, 0.1) is 0 Å². The Labute approximate surface area is 167 Å². The number of rotatable bonds is 9. The van der Waals surface area contributed by atoms with Crippen LogP contribution in [0.25, 0.3) is 0 Å². The average molecular weight is 386 g/mol. The third-order valence-electron chi connectivity index (χ3n) is 4.46. The lowest BCUT2D eigenvalue weighted by Gasteiger charge is -2.25. The van der Waals surface area contributed by atoms with Crippen molar-refractivity contribution in [1.29, 1.82) is 0 Å². The smallest absolute Gasteiger partial charge is 0.188 e. The van der Waals surface area contributed by atoms with E-state index in [9.17, 15) is 0 Å². The van der Waals surface area contributed by atoms with E-state index in [0.717, 1.165) is 16.9 Å². The van der Waals surface area contributed by atoms with Crippen molar-refractivity contribution >= 4 is 5.96 Å². The van der Waals surface area contributed by atoms with E-state index in [-0.39, 0.29) is 6.04 Å². The zero-order valence-electron chi connectivity index (χ0n) is 17.2. The van der Waals surface area contributed by atoms with Crippen LogP contribution in [0.5, 0.6) is 17.2 Å². The molecule has 0 saturated carbocycles. The molecule has 0 heterocycles. The highest BCUT2D eigenvalue weighted by molar-refractivity contribution is 5.77. The molecule has 7 nitrogen and oxygen atoms in total. The minimum Gasteiger partial charge on any atom is -0.497 e. The topological polar surface area (TPSA) is 81.3 Å². The number of methoxy groups -OCH3 is 3. The van der Waals surface area contributed by atoms with Crippen LogP contribution in [-0.4, -0.2) is 52.8 Å². The van der Waals surface area contributed by atoms with Crippen molar-refractivity contribution in [1.82, 2.24) is 10.2 Å². The number of nitrogens with two attached hydrogens (primary N) is 1. The lowest BCUT2D eigenvalue weighted by atomic mass is 10.1. The van der Waals surface area contributed by atoms with Gasteiger partial charge in [-0.1, -0.05) is 18.2 Å². The van der Waals surface area contributed by atoms with Crippen molar-refractivity contribution in [3.63, 3.8) is 0 Å². The SMILES string of the molecule is COc1cccc(C(CNC(N)=NCc2ccc(OC)c(OC)c2)N(C)C)c1. The van der Waals surface area contributed by atoms with Gasteiger partial charge in [0.2, 0.25) is 0 Å². The zero-order valence-corrected chi connectivity index (χ0v) is 17.2. The van der Waals surface area contributed by atoms with Gasteiger partial charge in [0.1, 0.15) is 5.75 Å². The molecule has 152 valence electrons. The van der Waals surface area contributed by atoms with Gasteiger partial charge in [-0.15, -0.1) is 0 Å². The maximum Gasteiger partial charge on any atom is 0.188 e. The van der Waals surface area contributed by atoms with Crippen molar-refractivity contribution in [3.05, 3.63) is 53.6 Å². The highest BCUT2D eigenvalue weighted by atomic mass is 16.5. The molecule has 0 aliphatic rings. The number of likely N-dealkylation sites (N-methyl/N-ethyl adjacent to an activating group) is 1.